The molecule has 0 bridgehead atoms. The number of nitrogens with zero attached hydrogens (tertiary/aromatic N) is 6. The zero-order chi connectivity index (χ0) is 38.3. The summed E-state index contributed by atoms with van der Waals surface area (Å²) >= 11 is 0. The van der Waals surface area contributed by atoms with E-state index in [-0.39, 0.29) is 45.8 Å². The molecule has 1 amide bonds. The predicted molar refractivity (Wildman–Crippen MR) is 197 cm³/mol. The molecule has 1 aliphatic heterocycles. The Kier molecular flexibility index (Phi) is 10.4. The number of halogens is 3. The molecular formula is C39H47F3N8O4. The molecule has 54 heavy (non-hydrogen) atoms. The monoisotopic (exact) mass is 748 g/mol. The van der Waals surface area contributed by atoms with Crippen molar-refractivity contribution in [2.75, 3.05) is 57.2 Å². The summed E-state index contributed by atoms with van der Waals surface area (Å²) in [4.78, 5) is 51.2. The number of rotatable bonds is 13. The van der Waals surface area contributed by atoms with Crippen molar-refractivity contribution in [2.24, 2.45) is 10.8 Å². The first-order valence-corrected chi connectivity index (χ1v) is 18.6. The normalized spacial score (nSPS) is 20.1. The Labute approximate surface area is 312 Å². The molecule has 0 spiro atoms. The maximum absolute atomic E-state index is 14.2. The van der Waals surface area contributed by atoms with E-state index < -0.39 is 23.1 Å². The maximum Gasteiger partial charge on any atom is 0.418 e. The molecule has 1 unspecified atom stereocenters. The van der Waals surface area contributed by atoms with Gasteiger partial charge in [-0.1, -0.05) is 18.9 Å². The quantitative estimate of drug-likeness (QED) is 0.138. The molecule has 3 fully saturated rings. The number of fused-ring (bicyclic) bond motifs is 1. The van der Waals surface area contributed by atoms with Gasteiger partial charge in [0.2, 0.25) is 5.95 Å². The van der Waals surface area contributed by atoms with Crippen molar-refractivity contribution >= 4 is 34.7 Å². The number of anilines is 2. The molecule has 7 rings (SSSR count). The smallest absolute Gasteiger partial charge is 0.418 e. The van der Waals surface area contributed by atoms with Gasteiger partial charge in [-0.3, -0.25) is 29.8 Å². The molecule has 5 heterocycles. The summed E-state index contributed by atoms with van der Waals surface area (Å²) in [6, 6.07) is 6.36. The molecular weight excluding hydrogens is 701 g/mol. The second-order valence-corrected chi connectivity index (χ2v) is 15.5. The van der Waals surface area contributed by atoms with Crippen LogP contribution in [0.1, 0.15) is 92.0 Å². The van der Waals surface area contributed by atoms with Crippen LogP contribution in [-0.4, -0.2) is 88.7 Å². The predicted octanol–water partition coefficient (Wildman–Crippen LogP) is 6.98. The number of pyridine rings is 3. The summed E-state index contributed by atoms with van der Waals surface area (Å²) < 4.78 is 53.6. The number of aromatic nitrogens is 5. The van der Waals surface area contributed by atoms with Crippen LogP contribution < -0.4 is 10.2 Å². The Bertz CT molecular complexity index is 2010. The number of ether oxygens (including phenoxy) is 2. The molecule has 288 valence electrons. The molecule has 4 aromatic rings. The van der Waals surface area contributed by atoms with Gasteiger partial charge in [0.1, 0.15) is 11.2 Å². The lowest BCUT2D eigenvalue weighted by molar-refractivity contribution is -0.153. The third-order valence-electron chi connectivity index (χ3n) is 11.0. The molecule has 2 N–H and O–H groups in total. The van der Waals surface area contributed by atoms with E-state index in [0.717, 1.165) is 43.9 Å². The number of H-pyrrole nitrogens is 1. The number of nitrogens with one attached hydrogen (secondary N) is 2. The van der Waals surface area contributed by atoms with Gasteiger partial charge >= 0.3 is 12.1 Å². The lowest BCUT2D eigenvalue weighted by Crippen LogP contribution is -2.37. The second kappa shape index (κ2) is 14.9. The van der Waals surface area contributed by atoms with Crippen LogP contribution in [0, 0.1) is 10.8 Å². The van der Waals surface area contributed by atoms with Crippen molar-refractivity contribution < 1.29 is 32.2 Å². The molecule has 3 aliphatic rings. The molecule has 15 heteroatoms. The number of carbonyl (C=O) groups is 2. The number of hydrogen-bond acceptors (Lipinski definition) is 10. The maximum atomic E-state index is 14.2. The van der Waals surface area contributed by atoms with Gasteiger partial charge in [0.25, 0.3) is 5.91 Å². The van der Waals surface area contributed by atoms with Gasteiger partial charge in [0.15, 0.2) is 5.65 Å². The Morgan fingerprint density at radius 2 is 1.87 bits per heavy atom. The minimum absolute atomic E-state index is 0.0758. The molecule has 0 radical (unpaired) electrons. The summed E-state index contributed by atoms with van der Waals surface area (Å²) in [5.74, 6) is -0.737. The first-order valence-electron chi connectivity index (χ1n) is 18.6. The third-order valence-corrected chi connectivity index (χ3v) is 11.0. The van der Waals surface area contributed by atoms with Crippen LogP contribution in [0.2, 0.25) is 0 Å². The summed E-state index contributed by atoms with van der Waals surface area (Å²) in [7, 11) is 3.63. The highest BCUT2D eigenvalue weighted by Gasteiger charge is 2.42. The van der Waals surface area contributed by atoms with Crippen LogP contribution in [-0.2, 0) is 27.0 Å². The minimum Gasteiger partial charge on any atom is -0.466 e. The lowest BCUT2D eigenvalue weighted by atomic mass is 9.86. The zero-order valence-electron chi connectivity index (χ0n) is 31.2. The van der Waals surface area contributed by atoms with E-state index in [1.165, 1.54) is 6.20 Å². The van der Waals surface area contributed by atoms with Crippen LogP contribution >= 0.6 is 0 Å². The van der Waals surface area contributed by atoms with E-state index in [9.17, 15) is 22.8 Å². The van der Waals surface area contributed by atoms with E-state index in [4.69, 9.17) is 9.47 Å². The van der Waals surface area contributed by atoms with Gasteiger partial charge in [0, 0.05) is 63.1 Å². The molecule has 2 saturated carbocycles. The average Bonchev–Trinajstić information content (AvgIpc) is 3.56. The summed E-state index contributed by atoms with van der Waals surface area (Å²) in [6.07, 6.45) is 4.80. The number of esters is 1. The number of likely N-dealkylation sites (tertiary alicyclic amines) is 1. The molecule has 1 atom stereocenters. The Morgan fingerprint density at radius 1 is 1.09 bits per heavy atom. The van der Waals surface area contributed by atoms with E-state index in [0.29, 0.717) is 69.0 Å². The summed E-state index contributed by atoms with van der Waals surface area (Å²) in [6.45, 7) is 7.20. The van der Waals surface area contributed by atoms with E-state index in [1.807, 2.05) is 20.0 Å². The number of carbonyl (C=O) groups excluding carboxylic acids is 2. The van der Waals surface area contributed by atoms with Crippen molar-refractivity contribution in [3.8, 4) is 11.3 Å². The van der Waals surface area contributed by atoms with E-state index >= 15 is 0 Å². The highest BCUT2D eigenvalue weighted by atomic mass is 19.4. The van der Waals surface area contributed by atoms with Crippen LogP contribution in [0.5, 0.6) is 0 Å². The number of methoxy groups -OCH3 is 1. The summed E-state index contributed by atoms with van der Waals surface area (Å²) in [5, 5.41) is 2.79. The fourth-order valence-corrected chi connectivity index (χ4v) is 8.12. The lowest BCUT2D eigenvalue weighted by Gasteiger charge is -2.34. The van der Waals surface area contributed by atoms with Crippen LogP contribution in [0.25, 0.3) is 22.4 Å². The zero-order valence-corrected chi connectivity index (χ0v) is 31.2. The van der Waals surface area contributed by atoms with Gasteiger partial charge in [-0.05, 0) is 76.3 Å². The minimum atomic E-state index is -4.56. The molecule has 12 nitrogen and oxygen atoms in total. The fourth-order valence-electron chi connectivity index (χ4n) is 8.12. The second-order valence-electron chi connectivity index (χ2n) is 15.5. The number of hydrogen-bond donors (Lipinski definition) is 2. The van der Waals surface area contributed by atoms with Crippen molar-refractivity contribution in [1.82, 2.24) is 29.8 Å². The Morgan fingerprint density at radius 3 is 2.54 bits per heavy atom. The van der Waals surface area contributed by atoms with Crippen LogP contribution in [0.4, 0.5) is 24.8 Å². The number of imidazole rings is 1. The standard InChI is InChI=1S/C39H47F3N8O4/c1-5-54-35(52)37(2)14-15-50(21-37)20-24-8-11-28(43-18-24)34(51)48-36-46-32-30(49(3)22-38(23-53-4)12-6-7-13-38)17-29(45-33(32)47-36)26-16-27(39(40,41)42)31(44-19-26)25-9-10-25/h8,11,16-19,25H,5-7,9-10,12-15,20-23H2,1-4H3,(H2,45,46,47,48,51). The number of aromatic amines is 1. The van der Waals surface area contributed by atoms with Crippen molar-refractivity contribution in [3.05, 3.63) is 59.2 Å². The van der Waals surface area contributed by atoms with Gasteiger partial charge in [0.05, 0.1) is 41.3 Å². The van der Waals surface area contributed by atoms with Crippen LogP contribution in [0.3, 0.4) is 0 Å². The van der Waals surface area contributed by atoms with E-state index in [2.05, 4.69) is 40.0 Å². The number of amides is 1. The first-order chi connectivity index (χ1) is 25.8. The van der Waals surface area contributed by atoms with Gasteiger partial charge < -0.3 is 19.4 Å². The van der Waals surface area contributed by atoms with Gasteiger partial charge in [-0.2, -0.15) is 18.2 Å². The SMILES string of the molecule is CCOC(=O)C1(C)CCN(Cc2ccc(C(=O)Nc3nc4nc(-c5cnc(C6CC6)c(C(F)(F)F)c5)cc(N(C)CC5(COC)CCCC5)c4[nH]3)nc2)C1. The molecule has 1 saturated heterocycles. The third kappa shape index (κ3) is 7.92. The van der Waals surface area contributed by atoms with Crippen LogP contribution in [0.15, 0.2) is 36.7 Å². The Hall–Kier alpha value is -4.63. The number of alkyl halides is 3. The van der Waals surface area contributed by atoms with E-state index in [1.54, 1.807) is 32.4 Å². The topological polar surface area (TPSA) is 138 Å². The highest BCUT2D eigenvalue weighted by Crippen LogP contribution is 2.46. The van der Waals surface area contributed by atoms with Crippen molar-refractivity contribution in [2.45, 2.75) is 77.4 Å². The van der Waals surface area contributed by atoms with Gasteiger partial charge in [-0.25, -0.2) is 4.98 Å². The largest absolute Gasteiger partial charge is 0.466 e. The summed E-state index contributed by atoms with van der Waals surface area (Å²) in [5.41, 5.74) is 1.74. The van der Waals surface area contributed by atoms with Crippen molar-refractivity contribution in [1.29, 1.82) is 0 Å². The molecule has 2 aliphatic carbocycles. The first kappa shape index (κ1) is 37.7. The van der Waals surface area contributed by atoms with Crippen molar-refractivity contribution in [3.63, 3.8) is 0 Å². The fraction of sp³-hybridized carbons (Fsp3) is 0.538. The highest BCUT2D eigenvalue weighted by molar-refractivity contribution is 6.03. The Balaban J connectivity index is 1.14. The average molecular weight is 749 g/mol. The molecule has 4 aromatic heterocycles. The van der Waals surface area contributed by atoms with Gasteiger partial charge in [-0.15, -0.1) is 0 Å². The molecule has 0 aromatic carbocycles.